The Hall–Kier alpha value is -4.38. The quantitative estimate of drug-likeness (QED) is 0.221. The number of phenols is 1. The second-order valence-electron chi connectivity index (χ2n) is 8.91. The Kier molecular flexibility index (Phi) is 8.82. The van der Waals surface area contributed by atoms with E-state index in [1.807, 2.05) is 6.92 Å². The number of nitrogens with two attached hydrogens (primary N) is 1. The van der Waals surface area contributed by atoms with E-state index in [4.69, 9.17) is 15.2 Å². The minimum absolute atomic E-state index is 0.0178. The number of phenolic OH excluding ortho intramolecular Hbond substituents is 1. The number of rotatable bonds is 10. The zero-order chi connectivity index (χ0) is 27.9. The maximum atomic E-state index is 12.9. The monoisotopic (exact) mass is 550 g/mol. The fourth-order valence-electron chi connectivity index (χ4n) is 4.18. The lowest BCUT2D eigenvalue weighted by Crippen LogP contribution is -2.33. The topological polar surface area (TPSA) is 152 Å². The molecular weight excluding hydrogens is 520 g/mol. The fraction of sp³-hybridized carbons (Fsp3) is 0.286. The molecule has 4 rings (SSSR count). The van der Waals surface area contributed by atoms with Gasteiger partial charge in [0, 0.05) is 10.4 Å². The number of anilines is 1. The molecule has 5 N–H and O–H groups in total. The van der Waals surface area contributed by atoms with Gasteiger partial charge in [-0.05, 0) is 93.1 Å². The lowest BCUT2D eigenvalue weighted by atomic mass is 9.95. The first kappa shape index (κ1) is 27.6. The van der Waals surface area contributed by atoms with Crippen LogP contribution in [0.3, 0.4) is 0 Å². The first-order chi connectivity index (χ1) is 18.8. The zero-order valence-corrected chi connectivity index (χ0v) is 22.5. The fourth-order valence-corrected chi connectivity index (χ4v) is 5.47. The molecule has 0 saturated heterocycles. The van der Waals surface area contributed by atoms with Crippen molar-refractivity contribution in [2.45, 2.75) is 45.6 Å². The number of nitrogens with one attached hydrogen (secondary N) is 2. The number of benzene rings is 2. The molecule has 1 aliphatic rings. The summed E-state index contributed by atoms with van der Waals surface area (Å²) in [6, 6.07) is 11.0. The number of amides is 3. The summed E-state index contributed by atoms with van der Waals surface area (Å²) in [6.07, 6.45) is 4.27. The average molecular weight is 551 g/mol. The van der Waals surface area contributed by atoms with Crippen molar-refractivity contribution in [1.82, 2.24) is 5.43 Å². The van der Waals surface area contributed by atoms with Gasteiger partial charge in [-0.3, -0.25) is 14.4 Å². The molecule has 2 aromatic carbocycles. The zero-order valence-electron chi connectivity index (χ0n) is 21.7. The molecule has 0 fully saturated rings. The van der Waals surface area contributed by atoms with Gasteiger partial charge in [-0.25, -0.2) is 5.43 Å². The van der Waals surface area contributed by atoms with E-state index in [0.29, 0.717) is 39.8 Å². The predicted octanol–water partition coefficient (Wildman–Crippen LogP) is 4.00. The van der Waals surface area contributed by atoms with E-state index in [0.717, 1.165) is 36.1 Å². The molecule has 39 heavy (non-hydrogen) atoms. The van der Waals surface area contributed by atoms with Gasteiger partial charge in [-0.15, -0.1) is 11.3 Å². The molecular formula is C28H30N4O6S. The molecule has 1 heterocycles. The standard InChI is InChI=1S/C28H30N4O6S/c1-3-37-22-14-17(8-13-21(22)33)15-30-32-26(35)16(2)38-19-11-9-18(10-12-19)27(36)31-28-24(25(29)34)20-6-4-5-7-23(20)39-28/h8-16,33H,3-7H2,1-2H3,(H2,29,34)(H,31,36)(H,32,35)/b30-15-/t16-/m1/s1. The number of hydrogen-bond acceptors (Lipinski definition) is 8. The molecule has 0 saturated carbocycles. The summed E-state index contributed by atoms with van der Waals surface area (Å²) in [7, 11) is 0. The Bertz CT molecular complexity index is 1400. The number of hydrazone groups is 1. The molecule has 1 aromatic heterocycles. The second kappa shape index (κ2) is 12.4. The molecule has 0 radical (unpaired) electrons. The van der Waals surface area contributed by atoms with Gasteiger partial charge >= 0.3 is 0 Å². The third-order valence-corrected chi connectivity index (χ3v) is 7.32. The number of aromatic hydroxyl groups is 1. The Labute approximate surface area is 229 Å². The van der Waals surface area contributed by atoms with Gasteiger partial charge in [0.1, 0.15) is 10.8 Å². The lowest BCUT2D eigenvalue weighted by molar-refractivity contribution is -0.127. The molecule has 0 bridgehead atoms. The van der Waals surface area contributed by atoms with E-state index in [1.54, 1.807) is 43.3 Å². The highest BCUT2D eigenvalue weighted by Crippen LogP contribution is 2.38. The molecule has 1 aliphatic carbocycles. The highest BCUT2D eigenvalue weighted by molar-refractivity contribution is 7.17. The number of hydrogen-bond donors (Lipinski definition) is 4. The smallest absolute Gasteiger partial charge is 0.280 e. The van der Waals surface area contributed by atoms with Crippen molar-refractivity contribution < 1.29 is 29.0 Å². The number of fused-ring (bicyclic) bond motifs is 1. The Morgan fingerprint density at radius 3 is 2.62 bits per heavy atom. The number of nitrogens with zero attached hydrogens (tertiary/aromatic N) is 1. The summed E-state index contributed by atoms with van der Waals surface area (Å²) >= 11 is 1.41. The molecule has 11 heteroatoms. The summed E-state index contributed by atoms with van der Waals surface area (Å²) < 4.78 is 11.0. The summed E-state index contributed by atoms with van der Waals surface area (Å²) in [5.74, 6) is -0.651. The number of carbonyl (C=O) groups excluding carboxylic acids is 3. The van der Waals surface area contributed by atoms with Gasteiger partial charge in [0.05, 0.1) is 18.4 Å². The van der Waals surface area contributed by atoms with Crippen LogP contribution < -0.4 is 25.9 Å². The van der Waals surface area contributed by atoms with Crippen LogP contribution in [0.1, 0.15) is 63.4 Å². The third kappa shape index (κ3) is 6.74. The Morgan fingerprint density at radius 2 is 1.90 bits per heavy atom. The van der Waals surface area contributed by atoms with E-state index in [2.05, 4.69) is 15.8 Å². The van der Waals surface area contributed by atoms with Crippen molar-refractivity contribution in [2.24, 2.45) is 10.8 Å². The largest absolute Gasteiger partial charge is 0.504 e. The van der Waals surface area contributed by atoms with Crippen LogP contribution in [-0.2, 0) is 17.6 Å². The van der Waals surface area contributed by atoms with Crippen LogP contribution in [-0.4, -0.2) is 41.8 Å². The van der Waals surface area contributed by atoms with Crippen molar-refractivity contribution in [3.8, 4) is 17.2 Å². The molecule has 3 amide bonds. The molecule has 0 spiro atoms. The molecule has 204 valence electrons. The van der Waals surface area contributed by atoms with E-state index in [1.165, 1.54) is 23.6 Å². The van der Waals surface area contributed by atoms with Gasteiger partial charge in [0.2, 0.25) is 0 Å². The van der Waals surface area contributed by atoms with Crippen molar-refractivity contribution in [2.75, 3.05) is 11.9 Å². The van der Waals surface area contributed by atoms with Gasteiger partial charge in [0.25, 0.3) is 17.7 Å². The second-order valence-corrected chi connectivity index (χ2v) is 10.0. The van der Waals surface area contributed by atoms with Crippen molar-refractivity contribution in [3.63, 3.8) is 0 Å². The van der Waals surface area contributed by atoms with E-state index in [-0.39, 0.29) is 11.7 Å². The maximum absolute atomic E-state index is 12.9. The normalized spacial score (nSPS) is 13.4. The van der Waals surface area contributed by atoms with Gasteiger partial charge in [-0.1, -0.05) is 0 Å². The summed E-state index contributed by atoms with van der Waals surface area (Å²) in [4.78, 5) is 38.4. The number of thiophene rings is 1. The third-order valence-electron chi connectivity index (χ3n) is 6.12. The van der Waals surface area contributed by atoms with Crippen LogP contribution >= 0.6 is 11.3 Å². The SMILES string of the molecule is CCOc1cc(/C=N\NC(=O)[C@@H](C)Oc2ccc(C(=O)Nc3sc4c(c3C(N)=O)CCCC4)cc2)ccc1O. The number of ether oxygens (including phenoxy) is 2. The van der Waals surface area contributed by atoms with Crippen LogP contribution in [0, 0.1) is 0 Å². The van der Waals surface area contributed by atoms with Crippen molar-refractivity contribution >= 4 is 40.3 Å². The maximum Gasteiger partial charge on any atom is 0.280 e. The number of primary amides is 1. The van der Waals surface area contributed by atoms with E-state index >= 15 is 0 Å². The number of aryl methyl sites for hydroxylation is 1. The van der Waals surface area contributed by atoms with Crippen LogP contribution in [0.5, 0.6) is 17.2 Å². The molecule has 0 unspecified atom stereocenters. The van der Waals surface area contributed by atoms with Gasteiger partial charge < -0.3 is 25.6 Å². The summed E-state index contributed by atoms with van der Waals surface area (Å²) in [5, 5.41) is 17.0. The van der Waals surface area contributed by atoms with Crippen LogP contribution in [0.2, 0.25) is 0 Å². The predicted molar refractivity (Wildman–Crippen MR) is 149 cm³/mol. The summed E-state index contributed by atoms with van der Waals surface area (Å²) in [5.41, 5.74) is 10.4. The first-order valence-corrected chi connectivity index (χ1v) is 13.4. The van der Waals surface area contributed by atoms with Gasteiger partial charge in [-0.2, -0.15) is 5.10 Å². The Morgan fingerprint density at radius 1 is 1.15 bits per heavy atom. The van der Waals surface area contributed by atoms with E-state index < -0.39 is 17.9 Å². The first-order valence-electron chi connectivity index (χ1n) is 12.6. The highest BCUT2D eigenvalue weighted by atomic mass is 32.1. The molecule has 0 aliphatic heterocycles. The lowest BCUT2D eigenvalue weighted by Gasteiger charge is -2.13. The van der Waals surface area contributed by atoms with Crippen molar-refractivity contribution in [1.29, 1.82) is 0 Å². The summed E-state index contributed by atoms with van der Waals surface area (Å²) in [6.45, 7) is 3.78. The minimum atomic E-state index is -0.865. The van der Waals surface area contributed by atoms with Crippen LogP contribution in [0.4, 0.5) is 5.00 Å². The minimum Gasteiger partial charge on any atom is -0.504 e. The average Bonchev–Trinajstić information content (AvgIpc) is 3.29. The molecule has 1 atom stereocenters. The van der Waals surface area contributed by atoms with Crippen LogP contribution in [0.15, 0.2) is 47.6 Å². The molecule has 10 nitrogen and oxygen atoms in total. The van der Waals surface area contributed by atoms with E-state index in [9.17, 15) is 19.5 Å². The van der Waals surface area contributed by atoms with Crippen molar-refractivity contribution in [3.05, 3.63) is 69.6 Å². The molecule has 3 aromatic rings. The Balaban J connectivity index is 1.33. The highest BCUT2D eigenvalue weighted by Gasteiger charge is 2.25. The van der Waals surface area contributed by atoms with Crippen LogP contribution in [0.25, 0.3) is 0 Å². The number of carbonyl (C=O) groups is 3. The van der Waals surface area contributed by atoms with Gasteiger partial charge in [0.15, 0.2) is 17.6 Å².